The number of nitrogens with zero attached hydrogens (tertiary/aromatic N) is 1. The summed E-state index contributed by atoms with van der Waals surface area (Å²) in [6.45, 7) is 1.93. The Morgan fingerprint density at radius 3 is 1.89 bits per heavy atom. The summed E-state index contributed by atoms with van der Waals surface area (Å²) in [6, 6.07) is 0. The third kappa shape index (κ3) is 24.0. The van der Waals surface area contributed by atoms with Crippen LogP contribution in [0.4, 0.5) is 0 Å². The second kappa shape index (κ2) is 22.2. The smallest absolute Gasteiger partial charge is 0.457 e. The maximum absolute atomic E-state index is 12.1. The normalized spacial score (nSPS) is 16.2. The Morgan fingerprint density at radius 1 is 0.865 bits per heavy atom. The fourth-order valence-corrected chi connectivity index (χ4v) is 5.55. The number of hydrogen-bond donors (Lipinski definition) is 2. The lowest BCUT2D eigenvalue weighted by atomic mass is 10.0. The van der Waals surface area contributed by atoms with Gasteiger partial charge in [-0.2, -0.15) is 0 Å². The van der Waals surface area contributed by atoms with Gasteiger partial charge in [0.25, 0.3) is 0 Å². The Kier molecular flexibility index (Phi) is 22.5. The van der Waals surface area contributed by atoms with Crippen LogP contribution in [-0.2, 0) is 23.1 Å². The van der Waals surface area contributed by atoms with E-state index >= 15 is 0 Å². The van der Waals surface area contributed by atoms with Crippen molar-refractivity contribution >= 4 is 45.7 Å². The van der Waals surface area contributed by atoms with Crippen LogP contribution < -0.4 is 0 Å². The number of unbranched alkanes of at least 4 members (excludes halogenated alkanes) is 9. The Morgan fingerprint density at radius 2 is 1.38 bits per heavy atom. The van der Waals surface area contributed by atoms with Crippen LogP contribution in [0.3, 0.4) is 0 Å². The molecule has 4 atom stereocenters. The molecule has 222 valence electrons. The Labute approximate surface area is 242 Å². The third-order valence-electron chi connectivity index (χ3n) is 6.03. The first-order chi connectivity index (χ1) is 17.4. The monoisotopic (exact) mass is 680 g/mol. The summed E-state index contributed by atoms with van der Waals surface area (Å²) in [5.41, 5.74) is 0. The van der Waals surface area contributed by atoms with E-state index in [9.17, 15) is 19.4 Å². The van der Waals surface area contributed by atoms with Gasteiger partial charge in [0.15, 0.2) is 0 Å². The van der Waals surface area contributed by atoms with Gasteiger partial charge in [-0.25, -0.2) is 4.57 Å². The molecule has 0 saturated carbocycles. The zero-order valence-electron chi connectivity index (χ0n) is 23.5. The molecular formula is C26H53Br2NO7P+. The van der Waals surface area contributed by atoms with E-state index in [4.69, 9.17) is 13.8 Å². The Balaban J connectivity index is 3.88. The van der Waals surface area contributed by atoms with Crippen molar-refractivity contribution in [3.63, 3.8) is 0 Å². The SMILES string of the molecule is CCCCCCCCC(Br)C(Br)CCCCCCCC(=O)O[C@@H](CO)COP(=O)(O)OCC[N+](C)(C)C. The van der Waals surface area contributed by atoms with Crippen molar-refractivity contribution in [3.05, 3.63) is 0 Å². The van der Waals surface area contributed by atoms with Crippen molar-refractivity contribution in [1.29, 1.82) is 0 Å². The molecule has 0 radical (unpaired) electrons. The minimum atomic E-state index is -4.27. The third-order valence-corrected chi connectivity index (χ3v) is 9.91. The fourth-order valence-electron chi connectivity index (χ4n) is 3.63. The minimum absolute atomic E-state index is 0.0487. The van der Waals surface area contributed by atoms with Crippen LogP contribution in [0.25, 0.3) is 0 Å². The molecule has 0 heterocycles. The molecule has 37 heavy (non-hydrogen) atoms. The van der Waals surface area contributed by atoms with Crippen LogP contribution in [0.1, 0.15) is 96.8 Å². The quantitative estimate of drug-likeness (QED) is 0.0362. The van der Waals surface area contributed by atoms with Crippen molar-refractivity contribution in [2.75, 3.05) is 47.5 Å². The molecule has 8 nitrogen and oxygen atoms in total. The van der Waals surface area contributed by atoms with Crippen molar-refractivity contribution in [3.8, 4) is 0 Å². The number of alkyl halides is 2. The molecule has 0 rings (SSSR count). The molecule has 0 aliphatic rings. The van der Waals surface area contributed by atoms with Gasteiger partial charge in [0.05, 0.1) is 34.4 Å². The number of phosphoric ester groups is 1. The van der Waals surface area contributed by atoms with Gasteiger partial charge in [0, 0.05) is 16.1 Å². The number of likely N-dealkylation sites (N-methyl/N-ethyl adjacent to an activating group) is 1. The molecular weight excluding hydrogens is 629 g/mol. The molecule has 3 unspecified atom stereocenters. The summed E-state index contributed by atoms with van der Waals surface area (Å²) in [5.74, 6) is -0.446. The molecule has 0 fully saturated rings. The lowest BCUT2D eigenvalue weighted by Crippen LogP contribution is -2.37. The maximum atomic E-state index is 12.1. The van der Waals surface area contributed by atoms with Gasteiger partial charge < -0.3 is 19.2 Å². The van der Waals surface area contributed by atoms with Gasteiger partial charge in [-0.05, 0) is 19.3 Å². The first kappa shape index (κ1) is 37.5. The van der Waals surface area contributed by atoms with E-state index in [1.165, 1.54) is 44.9 Å². The summed E-state index contributed by atoms with van der Waals surface area (Å²) < 4.78 is 27.5. The molecule has 11 heteroatoms. The van der Waals surface area contributed by atoms with E-state index in [-0.39, 0.29) is 13.0 Å². The molecule has 0 bridgehead atoms. The van der Waals surface area contributed by atoms with Crippen molar-refractivity contribution in [1.82, 2.24) is 0 Å². The standard InChI is InChI=1S/C26H52Br2NO7P/c1-5-6-7-8-10-13-16-24(27)25(28)17-14-11-9-12-15-18-26(31)36-23(21-30)22-35-37(32,33)34-20-19-29(2,3)4/h23-25,30H,5-22H2,1-4H3/p+1/t23-,24?,25?/m0/s1. The number of esters is 1. The van der Waals surface area contributed by atoms with Crippen LogP contribution in [-0.4, -0.2) is 83.7 Å². The molecule has 0 aromatic carbocycles. The average molecular weight is 682 g/mol. The first-order valence-corrected chi connectivity index (χ1v) is 17.2. The van der Waals surface area contributed by atoms with Gasteiger partial charge in [-0.3, -0.25) is 13.8 Å². The highest BCUT2D eigenvalue weighted by atomic mass is 79.9. The number of carbonyl (C=O) groups is 1. The number of ether oxygens (including phenoxy) is 1. The van der Waals surface area contributed by atoms with Gasteiger partial charge >= 0.3 is 13.8 Å². The van der Waals surface area contributed by atoms with Gasteiger partial charge in [-0.1, -0.05) is 103 Å². The lowest BCUT2D eigenvalue weighted by Gasteiger charge is -2.24. The molecule has 2 N–H and O–H groups in total. The van der Waals surface area contributed by atoms with Crippen LogP contribution in [0.2, 0.25) is 0 Å². The Hall–Kier alpha value is 0.460. The summed E-state index contributed by atoms with van der Waals surface area (Å²) in [5, 5.41) is 9.42. The minimum Gasteiger partial charge on any atom is -0.457 e. The zero-order valence-corrected chi connectivity index (χ0v) is 27.6. The molecule has 0 aromatic heterocycles. The molecule has 0 aliphatic heterocycles. The summed E-state index contributed by atoms with van der Waals surface area (Å²) in [4.78, 5) is 22.8. The number of aliphatic hydroxyl groups is 1. The summed E-state index contributed by atoms with van der Waals surface area (Å²) in [7, 11) is 1.53. The number of quaternary nitrogens is 1. The summed E-state index contributed by atoms with van der Waals surface area (Å²) in [6.07, 6.45) is 14.5. The van der Waals surface area contributed by atoms with Crippen LogP contribution in [0, 0.1) is 0 Å². The predicted molar refractivity (Wildman–Crippen MR) is 157 cm³/mol. The van der Waals surface area contributed by atoms with E-state index in [0.717, 1.165) is 32.1 Å². The van der Waals surface area contributed by atoms with E-state index in [1.807, 2.05) is 21.1 Å². The van der Waals surface area contributed by atoms with E-state index in [2.05, 4.69) is 38.8 Å². The zero-order chi connectivity index (χ0) is 28.2. The topological polar surface area (TPSA) is 102 Å². The van der Waals surface area contributed by atoms with Crippen molar-refractivity contribution in [2.45, 2.75) is 113 Å². The van der Waals surface area contributed by atoms with E-state index in [0.29, 0.717) is 27.1 Å². The summed E-state index contributed by atoms with van der Waals surface area (Å²) >= 11 is 7.67. The molecule has 0 saturated heterocycles. The maximum Gasteiger partial charge on any atom is 0.472 e. The molecule has 0 aromatic rings. The first-order valence-electron chi connectivity index (χ1n) is 13.9. The predicted octanol–water partition coefficient (Wildman–Crippen LogP) is 6.74. The number of halogens is 2. The number of phosphoric acid groups is 1. The number of carbonyl (C=O) groups excluding carboxylic acids is 1. The van der Waals surface area contributed by atoms with Crippen molar-refractivity contribution < 1.29 is 37.6 Å². The van der Waals surface area contributed by atoms with Crippen LogP contribution >= 0.6 is 39.7 Å². The van der Waals surface area contributed by atoms with Gasteiger partial charge in [-0.15, -0.1) is 0 Å². The molecule has 0 spiro atoms. The van der Waals surface area contributed by atoms with Gasteiger partial charge in [0.1, 0.15) is 19.3 Å². The van der Waals surface area contributed by atoms with Crippen LogP contribution in [0.15, 0.2) is 0 Å². The van der Waals surface area contributed by atoms with Gasteiger partial charge in [0.2, 0.25) is 0 Å². The fraction of sp³-hybridized carbons (Fsp3) is 0.962. The number of rotatable bonds is 25. The lowest BCUT2D eigenvalue weighted by molar-refractivity contribution is -0.870. The Bertz CT molecular complexity index is 622. The second-order valence-electron chi connectivity index (χ2n) is 10.8. The van der Waals surface area contributed by atoms with E-state index in [1.54, 1.807) is 0 Å². The number of aliphatic hydroxyl groups excluding tert-OH is 1. The highest BCUT2D eigenvalue weighted by Crippen LogP contribution is 2.43. The molecule has 0 amide bonds. The number of hydrogen-bond acceptors (Lipinski definition) is 6. The molecule has 0 aliphatic carbocycles. The highest BCUT2D eigenvalue weighted by Gasteiger charge is 2.25. The largest absolute Gasteiger partial charge is 0.472 e. The second-order valence-corrected chi connectivity index (χ2v) is 14.6. The van der Waals surface area contributed by atoms with E-state index < -0.39 is 33.1 Å². The van der Waals surface area contributed by atoms with Crippen LogP contribution in [0.5, 0.6) is 0 Å². The average Bonchev–Trinajstić information content (AvgIpc) is 2.81. The highest BCUT2D eigenvalue weighted by molar-refractivity contribution is 9.12. The van der Waals surface area contributed by atoms with Crippen molar-refractivity contribution in [2.24, 2.45) is 0 Å².